The van der Waals surface area contributed by atoms with Gasteiger partial charge < -0.3 is 19.2 Å². The first-order valence-corrected chi connectivity index (χ1v) is 6.81. The molecule has 2 aromatic rings. The first-order chi connectivity index (χ1) is 10.2. The van der Waals surface area contributed by atoms with Gasteiger partial charge in [0.15, 0.2) is 11.5 Å². The van der Waals surface area contributed by atoms with Crippen molar-refractivity contribution in [1.29, 1.82) is 0 Å². The van der Waals surface area contributed by atoms with Crippen molar-refractivity contribution < 1.29 is 18.3 Å². The third-order valence-electron chi connectivity index (χ3n) is 3.51. The van der Waals surface area contributed by atoms with Crippen LogP contribution in [-0.2, 0) is 6.42 Å². The third-order valence-corrected chi connectivity index (χ3v) is 3.51. The Morgan fingerprint density at radius 2 is 1.86 bits per heavy atom. The van der Waals surface area contributed by atoms with Crippen molar-refractivity contribution in [1.82, 2.24) is 5.32 Å². The van der Waals surface area contributed by atoms with Gasteiger partial charge in [-0.15, -0.1) is 0 Å². The van der Waals surface area contributed by atoms with Gasteiger partial charge in [-0.3, -0.25) is 0 Å². The number of hydrogen-bond donors (Lipinski definition) is 1. The molecular weight excluding hydrogens is 273 g/mol. The Morgan fingerprint density at radius 1 is 1.19 bits per heavy atom. The lowest BCUT2D eigenvalue weighted by atomic mass is 9.97. The molecule has 0 saturated carbocycles. The zero-order valence-corrected chi connectivity index (χ0v) is 12.7. The molecule has 0 spiro atoms. The molecule has 1 atom stereocenters. The van der Waals surface area contributed by atoms with Gasteiger partial charge in [0, 0.05) is 23.6 Å². The van der Waals surface area contributed by atoms with E-state index in [-0.39, 0.29) is 11.9 Å². The fraction of sp³-hybridized carbons (Fsp3) is 0.375. The van der Waals surface area contributed by atoms with Crippen LogP contribution in [0, 0.1) is 5.82 Å². The molecule has 0 amide bonds. The summed E-state index contributed by atoms with van der Waals surface area (Å²) in [5, 5.41) is 3.13. The lowest BCUT2D eigenvalue weighted by molar-refractivity contribution is 0.351. The van der Waals surface area contributed by atoms with Gasteiger partial charge in [-0.25, -0.2) is 4.39 Å². The van der Waals surface area contributed by atoms with Gasteiger partial charge in [-0.1, -0.05) is 6.92 Å². The minimum atomic E-state index is -0.352. The second kappa shape index (κ2) is 6.63. The van der Waals surface area contributed by atoms with Gasteiger partial charge in [0.2, 0.25) is 0 Å². The van der Waals surface area contributed by atoms with Crippen LogP contribution in [0.25, 0.3) is 0 Å². The fourth-order valence-electron chi connectivity index (χ4n) is 2.46. The van der Waals surface area contributed by atoms with Gasteiger partial charge in [0.1, 0.15) is 11.6 Å². The van der Waals surface area contributed by atoms with Gasteiger partial charge in [-0.2, -0.15) is 0 Å². The molecule has 114 valence electrons. The zero-order valence-electron chi connectivity index (χ0n) is 12.7. The summed E-state index contributed by atoms with van der Waals surface area (Å²) in [5.74, 6) is 1.35. The number of aryl methyl sites for hydroxylation is 1. The molecule has 0 fully saturated rings. The predicted molar refractivity (Wildman–Crippen MR) is 78.5 cm³/mol. The molecule has 4 nitrogen and oxygen atoms in total. The second-order valence-electron chi connectivity index (χ2n) is 4.60. The normalized spacial score (nSPS) is 12.2. The monoisotopic (exact) mass is 293 g/mol. The van der Waals surface area contributed by atoms with Crippen molar-refractivity contribution >= 4 is 0 Å². The van der Waals surface area contributed by atoms with Crippen LogP contribution in [0.1, 0.15) is 29.9 Å². The Kier molecular flexibility index (Phi) is 4.85. The van der Waals surface area contributed by atoms with E-state index in [1.54, 1.807) is 19.4 Å². The van der Waals surface area contributed by atoms with E-state index in [1.807, 2.05) is 13.0 Å². The van der Waals surface area contributed by atoms with E-state index in [2.05, 4.69) is 5.32 Å². The number of nitrogens with one attached hydrogen (secondary N) is 1. The van der Waals surface area contributed by atoms with Crippen molar-refractivity contribution in [2.24, 2.45) is 0 Å². The highest BCUT2D eigenvalue weighted by Crippen LogP contribution is 2.35. The van der Waals surface area contributed by atoms with E-state index in [0.29, 0.717) is 17.1 Å². The highest BCUT2D eigenvalue weighted by atomic mass is 19.1. The Hall–Kier alpha value is -2.01. The molecule has 1 heterocycles. The van der Waals surface area contributed by atoms with Gasteiger partial charge in [0.05, 0.1) is 26.5 Å². The van der Waals surface area contributed by atoms with Crippen LogP contribution >= 0.6 is 0 Å². The summed E-state index contributed by atoms with van der Waals surface area (Å²) >= 11 is 0. The molecule has 0 aliphatic rings. The molecule has 1 aromatic carbocycles. The number of halogens is 1. The fourth-order valence-corrected chi connectivity index (χ4v) is 2.46. The summed E-state index contributed by atoms with van der Waals surface area (Å²) < 4.78 is 30.2. The van der Waals surface area contributed by atoms with Crippen LogP contribution in [-0.4, -0.2) is 21.3 Å². The molecule has 21 heavy (non-hydrogen) atoms. The molecule has 0 radical (unpaired) electrons. The maximum atomic E-state index is 14.4. The smallest absolute Gasteiger partial charge is 0.163 e. The lowest BCUT2D eigenvalue weighted by Crippen LogP contribution is -2.19. The summed E-state index contributed by atoms with van der Waals surface area (Å²) in [6, 6.07) is 4.54. The highest BCUT2D eigenvalue weighted by molar-refractivity contribution is 5.47. The minimum absolute atomic E-state index is 0.307. The molecule has 5 heteroatoms. The van der Waals surface area contributed by atoms with Crippen LogP contribution in [0.5, 0.6) is 11.5 Å². The molecular formula is C16H20FNO3. The SMILES string of the molecule is CCc1occc1C(NC)c1cc(OC)c(OC)cc1F. The minimum Gasteiger partial charge on any atom is -0.493 e. The number of furan rings is 1. The average Bonchev–Trinajstić information content (AvgIpc) is 2.97. The second-order valence-corrected chi connectivity index (χ2v) is 4.60. The maximum Gasteiger partial charge on any atom is 0.163 e. The molecule has 0 saturated heterocycles. The molecule has 0 bridgehead atoms. The third kappa shape index (κ3) is 2.88. The Balaban J connectivity index is 2.52. The van der Waals surface area contributed by atoms with E-state index in [0.717, 1.165) is 17.7 Å². The molecule has 2 rings (SSSR count). The van der Waals surface area contributed by atoms with Crippen molar-refractivity contribution in [3.05, 3.63) is 47.2 Å². The Morgan fingerprint density at radius 3 is 2.43 bits per heavy atom. The van der Waals surface area contributed by atoms with E-state index >= 15 is 0 Å². The molecule has 1 aromatic heterocycles. The van der Waals surface area contributed by atoms with Crippen LogP contribution in [0.4, 0.5) is 4.39 Å². The van der Waals surface area contributed by atoms with Crippen LogP contribution < -0.4 is 14.8 Å². The van der Waals surface area contributed by atoms with Crippen LogP contribution in [0.2, 0.25) is 0 Å². The highest BCUT2D eigenvalue weighted by Gasteiger charge is 2.23. The standard InChI is InChI=1S/C16H20FNO3/c1-5-13-10(6-7-21-13)16(18-2)11-8-14(19-3)15(20-4)9-12(11)17/h6-9,16,18H,5H2,1-4H3. The van der Waals surface area contributed by atoms with Crippen molar-refractivity contribution in [3.8, 4) is 11.5 Å². The van der Waals surface area contributed by atoms with E-state index < -0.39 is 0 Å². The molecule has 0 aliphatic carbocycles. The Bertz CT molecular complexity index is 610. The summed E-state index contributed by atoms with van der Waals surface area (Å²) in [7, 11) is 4.80. The predicted octanol–water partition coefficient (Wildman–Crippen LogP) is 3.31. The maximum absolute atomic E-state index is 14.4. The molecule has 1 unspecified atom stereocenters. The first kappa shape index (κ1) is 15.4. The average molecular weight is 293 g/mol. The molecule has 1 N–H and O–H groups in total. The zero-order chi connectivity index (χ0) is 15.4. The van der Waals surface area contributed by atoms with Crippen LogP contribution in [0.15, 0.2) is 28.9 Å². The Labute approximate surface area is 123 Å². The summed E-state index contributed by atoms with van der Waals surface area (Å²) in [6.45, 7) is 2.00. The van der Waals surface area contributed by atoms with Gasteiger partial charge in [0.25, 0.3) is 0 Å². The van der Waals surface area contributed by atoms with Gasteiger partial charge in [-0.05, 0) is 19.2 Å². The lowest BCUT2D eigenvalue weighted by Gasteiger charge is -2.19. The number of hydrogen-bond acceptors (Lipinski definition) is 4. The van der Waals surface area contributed by atoms with E-state index in [9.17, 15) is 4.39 Å². The van der Waals surface area contributed by atoms with Crippen molar-refractivity contribution in [2.45, 2.75) is 19.4 Å². The molecule has 0 aliphatic heterocycles. The van der Waals surface area contributed by atoms with Crippen LogP contribution in [0.3, 0.4) is 0 Å². The van der Waals surface area contributed by atoms with Gasteiger partial charge >= 0.3 is 0 Å². The number of ether oxygens (including phenoxy) is 2. The number of benzene rings is 1. The number of methoxy groups -OCH3 is 2. The van der Waals surface area contributed by atoms with Crippen molar-refractivity contribution in [3.63, 3.8) is 0 Å². The largest absolute Gasteiger partial charge is 0.493 e. The van der Waals surface area contributed by atoms with Crippen molar-refractivity contribution in [2.75, 3.05) is 21.3 Å². The van der Waals surface area contributed by atoms with E-state index in [4.69, 9.17) is 13.9 Å². The summed E-state index contributed by atoms with van der Waals surface area (Å²) in [5.41, 5.74) is 1.41. The van der Waals surface area contributed by atoms with E-state index in [1.165, 1.54) is 20.3 Å². The quantitative estimate of drug-likeness (QED) is 0.887. The number of rotatable bonds is 6. The first-order valence-electron chi connectivity index (χ1n) is 6.81. The topological polar surface area (TPSA) is 43.6 Å². The summed E-state index contributed by atoms with van der Waals surface area (Å²) in [4.78, 5) is 0. The summed E-state index contributed by atoms with van der Waals surface area (Å²) in [6.07, 6.45) is 2.37.